The van der Waals surface area contributed by atoms with Crippen LogP contribution in [0.2, 0.25) is 0 Å². The van der Waals surface area contributed by atoms with E-state index in [0.717, 1.165) is 10.2 Å². The van der Waals surface area contributed by atoms with Gasteiger partial charge in [-0.05, 0) is 52.3 Å². The van der Waals surface area contributed by atoms with Gasteiger partial charge in [0.05, 0.1) is 30.6 Å². The Morgan fingerprint density at radius 2 is 1.81 bits per heavy atom. The standard InChI is InChI=1S/C17H16BrN3O4S/c1-24-15-7-8-16(25-2)17(9-15)26(22,23)20-13-3-5-14(6-4-13)21-11-12(18)10-19-21/h3-11,20H,1-2H3. The number of halogens is 1. The van der Waals surface area contributed by atoms with Crippen LogP contribution in [0.15, 0.2) is 64.2 Å². The van der Waals surface area contributed by atoms with Crippen molar-refractivity contribution in [3.63, 3.8) is 0 Å². The Hall–Kier alpha value is -2.52. The molecule has 0 bridgehead atoms. The number of nitrogens with one attached hydrogen (secondary N) is 1. The minimum Gasteiger partial charge on any atom is -0.497 e. The molecule has 1 N–H and O–H groups in total. The highest BCUT2D eigenvalue weighted by atomic mass is 79.9. The van der Waals surface area contributed by atoms with Crippen LogP contribution >= 0.6 is 15.9 Å². The fraction of sp³-hybridized carbons (Fsp3) is 0.118. The van der Waals surface area contributed by atoms with Gasteiger partial charge in [0.1, 0.15) is 16.4 Å². The average Bonchev–Trinajstić information content (AvgIpc) is 3.08. The SMILES string of the molecule is COc1ccc(OC)c(S(=O)(=O)Nc2ccc(-n3cc(Br)cn3)cc2)c1. The lowest BCUT2D eigenvalue weighted by atomic mass is 10.3. The van der Waals surface area contributed by atoms with Crippen molar-refractivity contribution in [2.24, 2.45) is 0 Å². The van der Waals surface area contributed by atoms with Crippen LogP contribution in [0.1, 0.15) is 0 Å². The number of nitrogens with zero attached hydrogens (tertiary/aromatic N) is 2. The molecule has 1 heterocycles. The quantitative estimate of drug-likeness (QED) is 0.638. The molecule has 3 rings (SSSR count). The maximum atomic E-state index is 12.7. The topological polar surface area (TPSA) is 82.5 Å². The predicted octanol–water partition coefficient (Wildman–Crippen LogP) is 3.45. The molecule has 3 aromatic rings. The second kappa shape index (κ2) is 7.38. The predicted molar refractivity (Wildman–Crippen MR) is 102 cm³/mol. The molecule has 0 aliphatic rings. The van der Waals surface area contributed by atoms with Crippen LogP contribution < -0.4 is 14.2 Å². The van der Waals surface area contributed by atoms with Gasteiger partial charge in [-0.25, -0.2) is 13.1 Å². The summed E-state index contributed by atoms with van der Waals surface area (Å²) in [5.74, 6) is 0.655. The maximum Gasteiger partial charge on any atom is 0.265 e. The van der Waals surface area contributed by atoms with Crippen LogP contribution in [-0.2, 0) is 10.0 Å². The Kier molecular flexibility index (Phi) is 5.19. The molecule has 0 aliphatic heterocycles. The van der Waals surface area contributed by atoms with Crippen molar-refractivity contribution in [3.8, 4) is 17.2 Å². The van der Waals surface area contributed by atoms with E-state index in [9.17, 15) is 8.42 Å². The third kappa shape index (κ3) is 3.83. The highest BCUT2D eigenvalue weighted by molar-refractivity contribution is 9.10. The van der Waals surface area contributed by atoms with Gasteiger partial charge < -0.3 is 9.47 Å². The Balaban J connectivity index is 1.88. The molecule has 0 saturated heterocycles. The summed E-state index contributed by atoms with van der Waals surface area (Å²) in [6.45, 7) is 0. The number of sulfonamides is 1. The van der Waals surface area contributed by atoms with Crippen LogP contribution in [0.4, 0.5) is 5.69 Å². The molecule has 0 amide bonds. The minimum atomic E-state index is -3.85. The number of benzene rings is 2. The summed E-state index contributed by atoms with van der Waals surface area (Å²) in [7, 11) is -0.962. The van der Waals surface area contributed by atoms with Gasteiger partial charge in [0.15, 0.2) is 0 Å². The zero-order chi connectivity index (χ0) is 18.7. The zero-order valence-corrected chi connectivity index (χ0v) is 16.4. The summed E-state index contributed by atoms with van der Waals surface area (Å²) < 4.78 is 40.8. The number of aromatic nitrogens is 2. The number of rotatable bonds is 6. The van der Waals surface area contributed by atoms with Crippen LogP contribution in [0, 0.1) is 0 Å². The largest absolute Gasteiger partial charge is 0.497 e. The molecule has 0 saturated carbocycles. The first kappa shape index (κ1) is 18.3. The second-order valence-corrected chi connectivity index (χ2v) is 7.84. The molecule has 136 valence electrons. The van der Waals surface area contributed by atoms with E-state index in [2.05, 4.69) is 25.8 Å². The first-order chi connectivity index (χ1) is 12.4. The average molecular weight is 438 g/mol. The van der Waals surface area contributed by atoms with Crippen molar-refractivity contribution < 1.29 is 17.9 Å². The summed E-state index contributed by atoms with van der Waals surface area (Å²) in [5.41, 5.74) is 1.22. The summed E-state index contributed by atoms with van der Waals surface area (Å²) >= 11 is 3.34. The molecule has 7 nitrogen and oxygen atoms in total. The summed E-state index contributed by atoms with van der Waals surface area (Å²) in [5, 5.41) is 4.18. The lowest BCUT2D eigenvalue weighted by Gasteiger charge is -2.13. The van der Waals surface area contributed by atoms with Crippen molar-refractivity contribution >= 4 is 31.6 Å². The monoisotopic (exact) mass is 437 g/mol. The minimum absolute atomic E-state index is 0.000525. The Morgan fingerprint density at radius 1 is 1.08 bits per heavy atom. The summed E-state index contributed by atoms with van der Waals surface area (Å²) in [6.07, 6.45) is 3.48. The molecule has 0 spiro atoms. The molecule has 1 aromatic heterocycles. The third-order valence-corrected chi connectivity index (χ3v) is 5.41. The lowest BCUT2D eigenvalue weighted by molar-refractivity contribution is 0.392. The number of hydrogen-bond donors (Lipinski definition) is 1. The smallest absolute Gasteiger partial charge is 0.265 e. The van der Waals surface area contributed by atoms with Gasteiger partial charge in [-0.3, -0.25) is 4.72 Å². The Bertz CT molecular complexity index is 1020. The Morgan fingerprint density at radius 3 is 2.38 bits per heavy atom. The van der Waals surface area contributed by atoms with Gasteiger partial charge in [0, 0.05) is 18.0 Å². The second-order valence-electron chi connectivity index (χ2n) is 5.27. The first-order valence-corrected chi connectivity index (χ1v) is 9.76. The van der Waals surface area contributed by atoms with Gasteiger partial charge in [-0.15, -0.1) is 0 Å². The van der Waals surface area contributed by atoms with Crippen LogP contribution in [0.3, 0.4) is 0 Å². The molecule has 0 atom stereocenters. The van der Waals surface area contributed by atoms with E-state index in [1.165, 1.54) is 20.3 Å². The highest BCUT2D eigenvalue weighted by Crippen LogP contribution is 2.29. The molecule has 9 heteroatoms. The van der Waals surface area contributed by atoms with Gasteiger partial charge in [-0.2, -0.15) is 5.10 Å². The molecule has 26 heavy (non-hydrogen) atoms. The van der Waals surface area contributed by atoms with Gasteiger partial charge in [-0.1, -0.05) is 0 Å². The van der Waals surface area contributed by atoms with Crippen LogP contribution in [0.5, 0.6) is 11.5 Å². The van der Waals surface area contributed by atoms with E-state index in [1.807, 2.05) is 0 Å². The summed E-state index contributed by atoms with van der Waals surface area (Å²) in [6, 6.07) is 11.4. The molecule has 0 aliphatic carbocycles. The fourth-order valence-corrected chi connectivity index (χ4v) is 3.86. The molecule has 0 unspecified atom stereocenters. The van der Waals surface area contributed by atoms with Gasteiger partial charge in [0.2, 0.25) is 0 Å². The summed E-state index contributed by atoms with van der Waals surface area (Å²) in [4.78, 5) is -0.000525. The lowest BCUT2D eigenvalue weighted by Crippen LogP contribution is -2.14. The molecule has 0 radical (unpaired) electrons. The van der Waals surface area contributed by atoms with Crippen molar-refractivity contribution in [1.29, 1.82) is 0 Å². The zero-order valence-electron chi connectivity index (χ0n) is 14.0. The van der Waals surface area contributed by atoms with Crippen molar-refractivity contribution in [2.45, 2.75) is 4.90 Å². The highest BCUT2D eigenvalue weighted by Gasteiger charge is 2.20. The number of hydrogen-bond acceptors (Lipinski definition) is 5. The molecular weight excluding hydrogens is 422 g/mol. The van der Waals surface area contributed by atoms with E-state index < -0.39 is 10.0 Å². The maximum absolute atomic E-state index is 12.7. The third-order valence-electron chi connectivity index (χ3n) is 3.60. The van der Waals surface area contributed by atoms with Crippen molar-refractivity contribution in [3.05, 3.63) is 59.3 Å². The van der Waals surface area contributed by atoms with E-state index in [-0.39, 0.29) is 10.6 Å². The molecule has 2 aromatic carbocycles. The number of ether oxygens (including phenoxy) is 2. The normalized spacial score (nSPS) is 11.2. The molecular formula is C17H16BrN3O4S. The van der Waals surface area contributed by atoms with E-state index >= 15 is 0 Å². The molecule has 0 fully saturated rings. The fourth-order valence-electron chi connectivity index (χ4n) is 2.33. The van der Waals surface area contributed by atoms with Crippen molar-refractivity contribution in [2.75, 3.05) is 18.9 Å². The Labute approximate surface area is 159 Å². The van der Waals surface area contributed by atoms with Crippen molar-refractivity contribution in [1.82, 2.24) is 9.78 Å². The van der Waals surface area contributed by atoms with E-state index in [0.29, 0.717) is 11.4 Å². The van der Waals surface area contributed by atoms with Crippen LogP contribution in [-0.4, -0.2) is 32.4 Å². The van der Waals surface area contributed by atoms with Gasteiger partial charge in [0.25, 0.3) is 10.0 Å². The van der Waals surface area contributed by atoms with Gasteiger partial charge >= 0.3 is 0 Å². The van der Waals surface area contributed by atoms with Crippen LogP contribution in [0.25, 0.3) is 5.69 Å². The van der Waals surface area contributed by atoms with E-state index in [4.69, 9.17) is 9.47 Å². The number of methoxy groups -OCH3 is 2. The first-order valence-electron chi connectivity index (χ1n) is 7.48. The van der Waals surface area contributed by atoms with E-state index in [1.54, 1.807) is 53.5 Å². The number of anilines is 1.